The van der Waals surface area contributed by atoms with Gasteiger partial charge in [0.25, 0.3) is 0 Å². The van der Waals surface area contributed by atoms with Crippen molar-refractivity contribution in [2.24, 2.45) is 0 Å². The lowest BCUT2D eigenvalue weighted by Gasteiger charge is -2.16. The second kappa shape index (κ2) is 6.27. The summed E-state index contributed by atoms with van der Waals surface area (Å²) < 4.78 is 7.41. The molecule has 0 aliphatic carbocycles. The molecule has 124 valence electrons. The molecular formula is C17H18N4O3. The summed E-state index contributed by atoms with van der Waals surface area (Å²) in [6.07, 6.45) is 2.50. The highest BCUT2D eigenvalue weighted by Gasteiger charge is 2.35. The van der Waals surface area contributed by atoms with Crippen LogP contribution in [0.4, 0.5) is 0 Å². The van der Waals surface area contributed by atoms with Crippen LogP contribution in [0.1, 0.15) is 23.9 Å². The first-order valence-electron chi connectivity index (χ1n) is 7.91. The van der Waals surface area contributed by atoms with Crippen LogP contribution in [0.2, 0.25) is 0 Å². The van der Waals surface area contributed by atoms with E-state index in [0.29, 0.717) is 24.0 Å². The summed E-state index contributed by atoms with van der Waals surface area (Å²) in [7, 11) is 0. The molecule has 1 aliphatic rings. The Labute approximate surface area is 138 Å². The van der Waals surface area contributed by atoms with Gasteiger partial charge in [0.05, 0.1) is 24.7 Å². The number of benzene rings is 1. The lowest BCUT2D eigenvalue weighted by Crippen LogP contribution is -2.19. The van der Waals surface area contributed by atoms with Crippen molar-refractivity contribution in [1.82, 2.24) is 19.5 Å². The Morgan fingerprint density at radius 1 is 1.17 bits per heavy atom. The van der Waals surface area contributed by atoms with Gasteiger partial charge < -0.3 is 14.9 Å². The van der Waals surface area contributed by atoms with E-state index in [9.17, 15) is 10.2 Å². The van der Waals surface area contributed by atoms with Crippen LogP contribution in [0.5, 0.6) is 0 Å². The zero-order valence-corrected chi connectivity index (χ0v) is 13.0. The van der Waals surface area contributed by atoms with E-state index in [1.54, 1.807) is 10.9 Å². The first-order valence-corrected chi connectivity index (χ1v) is 7.91. The van der Waals surface area contributed by atoms with Crippen molar-refractivity contribution < 1.29 is 14.9 Å². The van der Waals surface area contributed by atoms with Gasteiger partial charge in [0.1, 0.15) is 17.9 Å². The first-order chi connectivity index (χ1) is 11.8. The van der Waals surface area contributed by atoms with Gasteiger partial charge in [-0.3, -0.25) is 4.57 Å². The SMILES string of the molecule is OC[C@@H]1C[C@@H](O)[C@H](n2cnc3c(Cc4ccccc4)ncnc32)O1. The molecule has 4 rings (SSSR count). The van der Waals surface area contributed by atoms with Gasteiger partial charge in [-0.15, -0.1) is 0 Å². The number of aliphatic hydroxyl groups excluding tert-OH is 2. The number of aromatic nitrogens is 4. The summed E-state index contributed by atoms with van der Waals surface area (Å²) in [6.45, 7) is -0.117. The monoisotopic (exact) mass is 326 g/mol. The maximum Gasteiger partial charge on any atom is 0.165 e. The lowest BCUT2D eigenvalue weighted by molar-refractivity contribution is -0.0486. The van der Waals surface area contributed by atoms with Crippen molar-refractivity contribution in [3.8, 4) is 0 Å². The molecule has 1 aromatic carbocycles. The van der Waals surface area contributed by atoms with Gasteiger partial charge in [-0.05, 0) is 5.56 Å². The molecule has 2 N–H and O–H groups in total. The molecule has 3 aromatic rings. The van der Waals surface area contributed by atoms with Gasteiger partial charge >= 0.3 is 0 Å². The van der Waals surface area contributed by atoms with Crippen LogP contribution < -0.4 is 0 Å². The maximum atomic E-state index is 10.2. The van der Waals surface area contributed by atoms with E-state index >= 15 is 0 Å². The van der Waals surface area contributed by atoms with Gasteiger partial charge in [0.15, 0.2) is 11.9 Å². The summed E-state index contributed by atoms with van der Waals surface area (Å²) >= 11 is 0. The third-order valence-corrected chi connectivity index (χ3v) is 4.29. The summed E-state index contributed by atoms with van der Waals surface area (Å²) in [5.41, 5.74) is 3.30. The average molecular weight is 326 g/mol. The number of aliphatic hydroxyl groups is 2. The van der Waals surface area contributed by atoms with Gasteiger partial charge in [0.2, 0.25) is 0 Å². The normalized spacial score (nSPS) is 23.8. The smallest absolute Gasteiger partial charge is 0.165 e. The van der Waals surface area contributed by atoms with E-state index in [1.165, 1.54) is 6.33 Å². The number of hydrogen-bond donors (Lipinski definition) is 2. The highest BCUT2D eigenvalue weighted by molar-refractivity contribution is 5.73. The summed E-state index contributed by atoms with van der Waals surface area (Å²) in [6, 6.07) is 10.0. The third kappa shape index (κ3) is 2.66. The Bertz CT molecular complexity index is 836. The van der Waals surface area contributed by atoms with Crippen LogP contribution in [0.25, 0.3) is 11.2 Å². The minimum absolute atomic E-state index is 0.117. The molecular weight excluding hydrogens is 308 g/mol. The summed E-state index contributed by atoms with van der Waals surface area (Å²) in [5.74, 6) is 0. The molecule has 3 heterocycles. The second-order valence-corrected chi connectivity index (χ2v) is 5.94. The van der Waals surface area contributed by atoms with E-state index in [-0.39, 0.29) is 12.7 Å². The third-order valence-electron chi connectivity index (χ3n) is 4.29. The van der Waals surface area contributed by atoms with Crippen molar-refractivity contribution >= 4 is 11.2 Å². The van der Waals surface area contributed by atoms with Crippen molar-refractivity contribution in [3.63, 3.8) is 0 Å². The van der Waals surface area contributed by atoms with Gasteiger partial charge in [-0.2, -0.15) is 0 Å². The number of imidazole rings is 1. The van der Waals surface area contributed by atoms with Crippen LogP contribution in [-0.2, 0) is 11.2 Å². The Hall–Kier alpha value is -2.35. The fourth-order valence-electron chi connectivity index (χ4n) is 3.10. The molecule has 0 saturated carbocycles. The van der Waals surface area contributed by atoms with Crippen LogP contribution in [0.15, 0.2) is 43.0 Å². The Kier molecular flexibility index (Phi) is 3.97. The highest BCUT2D eigenvalue weighted by atomic mass is 16.5. The van der Waals surface area contributed by atoms with Crippen molar-refractivity contribution in [2.75, 3.05) is 6.61 Å². The van der Waals surface area contributed by atoms with Gasteiger partial charge in [-0.1, -0.05) is 30.3 Å². The largest absolute Gasteiger partial charge is 0.394 e. The average Bonchev–Trinajstić information content (AvgIpc) is 3.19. The minimum Gasteiger partial charge on any atom is -0.394 e. The topological polar surface area (TPSA) is 93.3 Å². The highest BCUT2D eigenvalue weighted by Crippen LogP contribution is 2.31. The van der Waals surface area contributed by atoms with Crippen LogP contribution in [-0.4, -0.2) is 48.5 Å². The molecule has 24 heavy (non-hydrogen) atoms. The standard InChI is InChI=1S/C17H18N4O3/c22-8-12-7-14(23)17(24-12)21-10-20-15-13(18-9-19-16(15)21)6-11-4-2-1-3-5-11/h1-5,9-10,12,14,17,22-23H,6-8H2/t12-,14+,17+/m0/s1. The zero-order chi connectivity index (χ0) is 16.5. The van der Waals surface area contributed by atoms with Gasteiger partial charge in [0, 0.05) is 12.8 Å². The molecule has 0 spiro atoms. The minimum atomic E-state index is -0.702. The fraction of sp³-hybridized carbons (Fsp3) is 0.353. The number of nitrogens with zero attached hydrogens (tertiary/aromatic N) is 4. The number of fused-ring (bicyclic) bond motifs is 1. The molecule has 1 saturated heterocycles. The van der Waals surface area contributed by atoms with E-state index < -0.39 is 12.3 Å². The Morgan fingerprint density at radius 2 is 2.00 bits per heavy atom. The number of ether oxygens (including phenoxy) is 1. The molecule has 1 aliphatic heterocycles. The predicted octanol–water partition coefficient (Wildman–Crippen LogP) is 1.06. The quantitative estimate of drug-likeness (QED) is 0.744. The maximum absolute atomic E-state index is 10.2. The summed E-state index contributed by atoms with van der Waals surface area (Å²) in [4.78, 5) is 13.1. The number of hydrogen-bond acceptors (Lipinski definition) is 6. The summed E-state index contributed by atoms with van der Waals surface area (Å²) in [5, 5.41) is 19.4. The molecule has 7 heteroatoms. The van der Waals surface area contributed by atoms with Crippen molar-refractivity contribution in [2.45, 2.75) is 31.3 Å². The predicted molar refractivity (Wildman–Crippen MR) is 86.2 cm³/mol. The Balaban J connectivity index is 1.69. The number of rotatable bonds is 4. The zero-order valence-electron chi connectivity index (χ0n) is 13.0. The van der Waals surface area contributed by atoms with Crippen molar-refractivity contribution in [3.05, 3.63) is 54.2 Å². The van der Waals surface area contributed by atoms with Gasteiger partial charge in [-0.25, -0.2) is 15.0 Å². The second-order valence-electron chi connectivity index (χ2n) is 5.94. The lowest BCUT2D eigenvalue weighted by atomic mass is 10.1. The first kappa shape index (κ1) is 15.2. The molecule has 7 nitrogen and oxygen atoms in total. The van der Waals surface area contributed by atoms with E-state index in [0.717, 1.165) is 11.3 Å². The van der Waals surface area contributed by atoms with Crippen LogP contribution >= 0.6 is 0 Å². The molecule has 0 bridgehead atoms. The van der Waals surface area contributed by atoms with Crippen LogP contribution in [0, 0.1) is 0 Å². The molecule has 0 unspecified atom stereocenters. The van der Waals surface area contributed by atoms with E-state index in [2.05, 4.69) is 15.0 Å². The molecule has 0 radical (unpaired) electrons. The molecule has 0 amide bonds. The fourth-order valence-corrected chi connectivity index (χ4v) is 3.10. The molecule has 2 aromatic heterocycles. The van der Waals surface area contributed by atoms with Crippen LogP contribution in [0.3, 0.4) is 0 Å². The molecule has 3 atom stereocenters. The molecule has 1 fully saturated rings. The Morgan fingerprint density at radius 3 is 2.75 bits per heavy atom. The van der Waals surface area contributed by atoms with E-state index in [4.69, 9.17) is 4.74 Å². The van der Waals surface area contributed by atoms with Crippen molar-refractivity contribution in [1.29, 1.82) is 0 Å². The van der Waals surface area contributed by atoms with E-state index in [1.807, 2.05) is 30.3 Å².